The molecule has 9 heteroatoms. The van der Waals surface area contributed by atoms with Crippen molar-refractivity contribution in [1.82, 2.24) is 14.9 Å². The van der Waals surface area contributed by atoms with E-state index in [-0.39, 0.29) is 12.4 Å². The third-order valence-corrected chi connectivity index (χ3v) is 8.93. The van der Waals surface area contributed by atoms with Crippen LogP contribution in [0.15, 0.2) is 67.0 Å². The van der Waals surface area contributed by atoms with Crippen molar-refractivity contribution in [3.05, 3.63) is 89.0 Å². The lowest BCUT2D eigenvalue weighted by atomic mass is 10.1. The molecule has 0 saturated carbocycles. The van der Waals surface area contributed by atoms with Crippen molar-refractivity contribution in [1.29, 1.82) is 0 Å². The van der Waals surface area contributed by atoms with Crippen molar-refractivity contribution < 1.29 is 9.13 Å². The van der Waals surface area contributed by atoms with Crippen LogP contribution in [0.2, 0.25) is 5.02 Å². The summed E-state index contributed by atoms with van der Waals surface area (Å²) in [4.78, 5) is 12.6. The van der Waals surface area contributed by atoms with Crippen molar-refractivity contribution in [3.8, 4) is 5.75 Å². The van der Waals surface area contributed by atoms with E-state index in [1.54, 1.807) is 29.8 Å². The fourth-order valence-electron chi connectivity index (χ4n) is 4.63. The molecule has 0 aliphatic carbocycles. The number of thioether (sulfide) groups is 1. The van der Waals surface area contributed by atoms with Crippen LogP contribution in [0.5, 0.6) is 5.75 Å². The number of benzene rings is 3. The van der Waals surface area contributed by atoms with Gasteiger partial charge in [-0.15, -0.1) is 11.3 Å². The topological polar surface area (TPSA) is 50.3 Å². The van der Waals surface area contributed by atoms with Crippen LogP contribution in [0.3, 0.4) is 0 Å². The highest BCUT2D eigenvalue weighted by Gasteiger charge is 2.15. The van der Waals surface area contributed by atoms with Gasteiger partial charge in [-0.2, -0.15) is 11.8 Å². The van der Waals surface area contributed by atoms with Gasteiger partial charge in [0.1, 0.15) is 35.1 Å². The van der Waals surface area contributed by atoms with E-state index in [0.717, 1.165) is 45.6 Å². The molecule has 0 bridgehead atoms. The second kappa shape index (κ2) is 11.5. The lowest BCUT2D eigenvalue weighted by Gasteiger charge is -2.25. The van der Waals surface area contributed by atoms with Crippen LogP contribution in [0, 0.1) is 5.82 Å². The SMILES string of the molecule is Fc1cccc(COc2ccc(Nc3ncnc4sc5cc(CCN6CCSCC6)ccc5c34)cc2Cl)c1. The maximum atomic E-state index is 13.4. The zero-order chi connectivity index (χ0) is 25.9. The maximum absolute atomic E-state index is 13.4. The van der Waals surface area contributed by atoms with E-state index in [0.29, 0.717) is 10.8 Å². The molecular formula is C29H26ClFN4OS2. The minimum absolute atomic E-state index is 0.233. The Bertz CT molecular complexity index is 1590. The molecule has 0 atom stereocenters. The second-order valence-corrected chi connectivity index (χ2v) is 11.9. The number of halogens is 2. The highest BCUT2D eigenvalue weighted by atomic mass is 35.5. The molecule has 194 valence electrons. The summed E-state index contributed by atoms with van der Waals surface area (Å²) in [6.45, 7) is 3.71. The van der Waals surface area contributed by atoms with Gasteiger partial charge in [-0.3, -0.25) is 0 Å². The number of hydrogen-bond donors (Lipinski definition) is 1. The minimum atomic E-state index is -0.290. The third-order valence-electron chi connectivity index (χ3n) is 6.63. The average Bonchev–Trinajstić information content (AvgIpc) is 3.31. The highest BCUT2D eigenvalue weighted by molar-refractivity contribution is 7.99. The van der Waals surface area contributed by atoms with Gasteiger partial charge in [-0.1, -0.05) is 35.9 Å². The molecule has 0 spiro atoms. The quantitative estimate of drug-likeness (QED) is 0.210. The number of rotatable bonds is 8. The van der Waals surface area contributed by atoms with Gasteiger partial charge in [0, 0.05) is 46.9 Å². The fraction of sp³-hybridized carbons (Fsp3) is 0.241. The van der Waals surface area contributed by atoms with E-state index in [1.165, 1.54) is 47.0 Å². The Morgan fingerprint density at radius 3 is 2.74 bits per heavy atom. The van der Waals surface area contributed by atoms with Gasteiger partial charge in [-0.05, 0) is 53.9 Å². The van der Waals surface area contributed by atoms with E-state index in [1.807, 2.05) is 30.0 Å². The lowest BCUT2D eigenvalue weighted by molar-refractivity contribution is 0.306. The van der Waals surface area contributed by atoms with Gasteiger partial charge in [-0.25, -0.2) is 14.4 Å². The summed E-state index contributed by atoms with van der Waals surface area (Å²) in [6, 6.07) is 18.6. The Morgan fingerprint density at radius 2 is 1.89 bits per heavy atom. The van der Waals surface area contributed by atoms with Crippen molar-refractivity contribution in [2.75, 3.05) is 36.5 Å². The number of thiophene rings is 1. The summed E-state index contributed by atoms with van der Waals surface area (Å²) in [7, 11) is 0. The van der Waals surface area contributed by atoms with Gasteiger partial charge in [0.15, 0.2) is 0 Å². The van der Waals surface area contributed by atoms with Crippen LogP contribution < -0.4 is 10.1 Å². The van der Waals surface area contributed by atoms with E-state index < -0.39 is 0 Å². The van der Waals surface area contributed by atoms with Crippen LogP contribution in [0.1, 0.15) is 11.1 Å². The van der Waals surface area contributed by atoms with Gasteiger partial charge < -0.3 is 15.0 Å². The zero-order valence-electron chi connectivity index (χ0n) is 20.6. The summed E-state index contributed by atoms with van der Waals surface area (Å²) in [5.74, 6) is 3.46. The Kier molecular flexibility index (Phi) is 7.65. The summed E-state index contributed by atoms with van der Waals surface area (Å²) in [6.07, 6.45) is 2.64. The number of hydrogen-bond acceptors (Lipinski definition) is 7. The molecule has 6 rings (SSSR count). The number of aromatic nitrogens is 2. The summed E-state index contributed by atoms with van der Waals surface area (Å²) >= 11 is 10.3. The molecule has 5 aromatic rings. The Balaban J connectivity index is 1.19. The molecule has 2 aromatic heterocycles. The molecular weight excluding hydrogens is 539 g/mol. The monoisotopic (exact) mass is 564 g/mol. The summed E-state index contributed by atoms with van der Waals surface area (Å²) < 4.78 is 20.5. The fourth-order valence-corrected chi connectivity index (χ4v) is 6.95. The summed E-state index contributed by atoms with van der Waals surface area (Å²) in [5.41, 5.74) is 2.89. The molecule has 0 unspecified atom stereocenters. The number of nitrogens with one attached hydrogen (secondary N) is 1. The molecule has 0 amide bonds. The smallest absolute Gasteiger partial charge is 0.143 e. The molecule has 1 fully saturated rings. The number of ether oxygens (including phenoxy) is 1. The molecule has 3 heterocycles. The molecule has 1 saturated heterocycles. The molecule has 38 heavy (non-hydrogen) atoms. The Morgan fingerprint density at radius 1 is 1.00 bits per heavy atom. The predicted octanol–water partition coefficient (Wildman–Crippen LogP) is 7.55. The van der Waals surface area contributed by atoms with Crippen LogP contribution >= 0.6 is 34.7 Å². The first-order valence-corrected chi connectivity index (χ1v) is 14.9. The minimum Gasteiger partial charge on any atom is -0.487 e. The highest BCUT2D eigenvalue weighted by Crippen LogP contribution is 2.38. The van der Waals surface area contributed by atoms with Gasteiger partial charge in [0.25, 0.3) is 0 Å². The van der Waals surface area contributed by atoms with Crippen LogP contribution in [0.4, 0.5) is 15.9 Å². The zero-order valence-corrected chi connectivity index (χ0v) is 23.0. The van der Waals surface area contributed by atoms with E-state index in [9.17, 15) is 4.39 Å². The van der Waals surface area contributed by atoms with Crippen molar-refractivity contribution in [2.45, 2.75) is 13.0 Å². The van der Waals surface area contributed by atoms with Crippen molar-refractivity contribution >= 4 is 66.5 Å². The van der Waals surface area contributed by atoms with Gasteiger partial charge in [0.2, 0.25) is 0 Å². The Labute approximate surface area is 234 Å². The van der Waals surface area contributed by atoms with E-state index in [4.69, 9.17) is 16.3 Å². The normalized spacial score (nSPS) is 14.3. The molecule has 5 nitrogen and oxygen atoms in total. The average molecular weight is 565 g/mol. The number of anilines is 2. The lowest BCUT2D eigenvalue weighted by Crippen LogP contribution is -2.34. The van der Waals surface area contributed by atoms with Crippen LogP contribution in [-0.2, 0) is 13.0 Å². The molecule has 1 aliphatic rings. The van der Waals surface area contributed by atoms with E-state index >= 15 is 0 Å². The number of nitrogens with zero attached hydrogens (tertiary/aromatic N) is 3. The van der Waals surface area contributed by atoms with Crippen molar-refractivity contribution in [2.24, 2.45) is 0 Å². The molecule has 3 aromatic carbocycles. The standard InChI is InChI=1S/C29H26ClFN4OS2/c30-24-16-22(5-7-25(24)36-17-20-2-1-3-21(31)14-20)34-28-27-23-6-4-19(8-9-35-10-12-37-13-11-35)15-26(23)38-29(27)33-18-32-28/h1-7,14-16,18H,8-13,17H2,(H,32,33,34). The van der Waals surface area contributed by atoms with Gasteiger partial charge >= 0.3 is 0 Å². The van der Waals surface area contributed by atoms with Gasteiger partial charge in [0.05, 0.1) is 10.4 Å². The van der Waals surface area contributed by atoms with E-state index in [2.05, 4.69) is 38.4 Å². The van der Waals surface area contributed by atoms with Crippen LogP contribution in [-0.4, -0.2) is 46.0 Å². The predicted molar refractivity (Wildman–Crippen MR) is 158 cm³/mol. The number of fused-ring (bicyclic) bond motifs is 3. The molecule has 1 N–H and O–H groups in total. The second-order valence-electron chi connectivity index (χ2n) is 9.23. The molecule has 0 radical (unpaired) electrons. The maximum Gasteiger partial charge on any atom is 0.143 e. The first kappa shape index (κ1) is 25.4. The first-order chi connectivity index (χ1) is 18.6. The molecule has 1 aliphatic heterocycles. The Hall–Kier alpha value is -2.91. The summed E-state index contributed by atoms with van der Waals surface area (Å²) in [5, 5.41) is 6.03. The third kappa shape index (κ3) is 5.73. The largest absolute Gasteiger partial charge is 0.487 e. The first-order valence-electron chi connectivity index (χ1n) is 12.5. The van der Waals surface area contributed by atoms with Crippen LogP contribution in [0.25, 0.3) is 20.3 Å². The van der Waals surface area contributed by atoms with Crippen molar-refractivity contribution in [3.63, 3.8) is 0 Å².